The van der Waals surface area contributed by atoms with E-state index in [1.165, 1.54) is 19.4 Å². The Morgan fingerprint density at radius 3 is 2.74 bits per heavy atom. The first-order valence-corrected chi connectivity index (χ1v) is 7.15. The number of carbonyl (C=O) groups is 1. The Labute approximate surface area is 134 Å². The molecule has 0 aliphatic heterocycles. The molecular weight excluding hydrogens is 299 g/mol. The van der Waals surface area contributed by atoms with Gasteiger partial charge in [-0.3, -0.25) is 4.79 Å². The van der Waals surface area contributed by atoms with Crippen molar-refractivity contribution >= 4 is 11.7 Å². The molecule has 1 aromatic carbocycles. The number of nitrogens with one attached hydrogen (secondary N) is 1. The Kier molecular flexibility index (Phi) is 5.10. The molecule has 23 heavy (non-hydrogen) atoms. The summed E-state index contributed by atoms with van der Waals surface area (Å²) in [6, 6.07) is 4.75. The van der Waals surface area contributed by atoms with Crippen LogP contribution in [0.25, 0.3) is 11.4 Å². The van der Waals surface area contributed by atoms with Crippen LogP contribution in [0.5, 0.6) is 5.75 Å². The van der Waals surface area contributed by atoms with E-state index in [4.69, 9.17) is 4.74 Å². The molecule has 0 spiro atoms. The lowest BCUT2D eigenvalue weighted by atomic mass is 10.1. The number of rotatable bonds is 5. The molecule has 0 saturated carbocycles. The van der Waals surface area contributed by atoms with Crippen LogP contribution in [0.2, 0.25) is 0 Å². The van der Waals surface area contributed by atoms with Crippen molar-refractivity contribution in [3.05, 3.63) is 35.8 Å². The number of amides is 1. The van der Waals surface area contributed by atoms with Crippen LogP contribution in [0.15, 0.2) is 24.4 Å². The molecule has 1 N–H and O–H groups in total. The molecule has 0 bridgehead atoms. The zero-order valence-corrected chi connectivity index (χ0v) is 13.6. The van der Waals surface area contributed by atoms with Gasteiger partial charge in [-0.2, -0.15) is 0 Å². The molecule has 6 nitrogen and oxygen atoms in total. The molecule has 0 aliphatic carbocycles. The number of hydrogen-bond donors (Lipinski definition) is 1. The first kappa shape index (κ1) is 16.7. The number of hydrogen-bond acceptors (Lipinski definition) is 5. The van der Waals surface area contributed by atoms with E-state index in [1.54, 1.807) is 31.1 Å². The fraction of sp³-hybridized carbons (Fsp3) is 0.312. The molecule has 2 rings (SSSR count). The van der Waals surface area contributed by atoms with Gasteiger partial charge in [-0.1, -0.05) is 6.07 Å². The van der Waals surface area contributed by atoms with E-state index in [-0.39, 0.29) is 23.0 Å². The molecule has 0 atom stereocenters. The average molecular weight is 318 g/mol. The number of methoxy groups -OCH3 is 1. The quantitative estimate of drug-likeness (QED) is 0.914. The van der Waals surface area contributed by atoms with Crippen molar-refractivity contribution in [3.8, 4) is 17.1 Å². The minimum Gasteiger partial charge on any atom is -0.494 e. The number of ether oxygens (including phenoxy) is 1. The molecule has 0 radical (unpaired) electrons. The van der Waals surface area contributed by atoms with Gasteiger partial charge in [0.1, 0.15) is 11.4 Å². The number of nitrogens with zero attached hydrogens (tertiary/aromatic N) is 3. The maximum Gasteiger partial charge on any atom is 0.256 e. The predicted octanol–water partition coefficient (Wildman–Crippen LogP) is 2.11. The van der Waals surface area contributed by atoms with Gasteiger partial charge in [0.15, 0.2) is 17.4 Å². The highest BCUT2D eigenvalue weighted by atomic mass is 19.1. The lowest BCUT2D eigenvalue weighted by Gasteiger charge is -2.16. The molecule has 0 saturated heterocycles. The molecule has 2 aromatic rings. The summed E-state index contributed by atoms with van der Waals surface area (Å²) in [5.41, 5.74) is 0.554. The van der Waals surface area contributed by atoms with E-state index in [0.717, 1.165) is 0 Å². The van der Waals surface area contributed by atoms with Gasteiger partial charge in [-0.25, -0.2) is 14.4 Å². The van der Waals surface area contributed by atoms with Crippen LogP contribution in [-0.4, -0.2) is 43.6 Å². The van der Waals surface area contributed by atoms with Crippen molar-refractivity contribution in [1.82, 2.24) is 15.3 Å². The zero-order valence-electron chi connectivity index (χ0n) is 13.6. The Morgan fingerprint density at radius 2 is 2.13 bits per heavy atom. The largest absolute Gasteiger partial charge is 0.494 e. The summed E-state index contributed by atoms with van der Waals surface area (Å²) in [5, 5.41) is 2.71. The number of halogens is 1. The SMILES string of the molecule is CCNC(=O)c1cnc(-c2cccc(OC)c2F)nc1N(C)C. The standard InChI is InChI=1S/C16H19FN4O2/c1-5-18-16(22)11-9-19-14(20-15(11)21(2)3)10-7-6-8-12(23-4)13(10)17/h6-9H,5H2,1-4H3,(H,18,22). The third kappa shape index (κ3) is 3.39. The summed E-state index contributed by atoms with van der Waals surface area (Å²) < 4.78 is 19.3. The van der Waals surface area contributed by atoms with Gasteiger partial charge < -0.3 is 15.0 Å². The zero-order chi connectivity index (χ0) is 17.0. The third-order valence-electron chi connectivity index (χ3n) is 3.20. The Bertz CT molecular complexity index is 719. The molecule has 122 valence electrons. The maximum absolute atomic E-state index is 14.4. The first-order valence-electron chi connectivity index (χ1n) is 7.15. The van der Waals surface area contributed by atoms with Gasteiger partial charge in [0.25, 0.3) is 5.91 Å². The summed E-state index contributed by atoms with van der Waals surface area (Å²) in [6.07, 6.45) is 1.40. The van der Waals surface area contributed by atoms with Gasteiger partial charge in [0.2, 0.25) is 0 Å². The number of carbonyl (C=O) groups excluding carboxylic acids is 1. The minimum absolute atomic E-state index is 0.116. The molecule has 1 aromatic heterocycles. The van der Waals surface area contributed by atoms with Crippen molar-refractivity contribution in [1.29, 1.82) is 0 Å². The second-order valence-electron chi connectivity index (χ2n) is 5.01. The van der Waals surface area contributed by atoms with Gasteiger partial charge in [0, 0.05) is 26.8 Å². The normalized spacial score (nSPS) is 10.3. The summed E-state index contributed by atoms with van der Waals surface area (Å²) >= 11 is 0. The van der Waals surface area contributed by atoms with E-state index < -0.39 is 5.82 Å². The van der Waals surface area contributed by atoms with E-state index >= 15 is 0 Å². The van der Waals surface area contributed by atoms with Gasteiger partial charge in [-0.05, 0) is 19.1 Å². The summed E-state index contributed by atoms with van der Waals surface area (Å²) in [7, 11) is 4.92. The van der Waals surface area contributed by atoms with E-state index in [9.17, 15) is 9.18 Å². The van der Waals surface area contributed by atoms with Crippen molar-refractivity contribution in [2.45, 2.75) is 6.92 Å². The van der Waals surface area contributed by atoms with Crippen molar-refractivity contribution < 1.29 is 13.9 Å². The second-order valence-corrected chi connectivity index (χ2v) is 5.01. The Balaban J connectivity index is 2.54. The van der Waals surface area contributed by atoms with Crippen LogP contribution < -0.4 is 15.0 Å². The van der Waals surface area contributed by atoms with Crippen LogP contribution >= 0.6 is 0 Å². The summed E-state index contributed by atoms with van der Waals surface area (Å²) in [4.78, 5) is 22.2. The number of anilines is 1. The summed E-state index contributed by atoms with van der Waals surface area (Å²) in [6.45, 7) is 2.33. The summed E-state index contributed by atoms with van der Waals surface area (Å²) in [5.74, 6) is -0.0778. The Hall–Kier alpha value is -2.70. The van der Waals surface area contributed by atoms with Gasteiger partial charge >= 0.3 is 0 Å². The van der Waals surface area contributed by atoms with Gasteiger partial charge in [-0.15, -0.1) is 0 Å². The molecule has 0 unspecified atom stereocenters. The molecule has 1 heterocycles. The fourth-order valence-electron chi connectivity index (χ4n) is 2.10. The molecule has 0 fully saturated rings. The Morgan fingerprint density at radius 1 is 1.39 bits per heavy atom. The third-order valence-corrected chi connectivity index (χ3v) is 3.20. The van der Waals surface area contributed by atoms with Crippen molar-refractivity contribution in [2.24, 2.45) is 0 Å². The second kappa shape index (κ2) is 7.04. The van der Waals surface area contributed by atoms with E-state index in [1.807, 2.05) is 6.92 Å². The fourth-order valence-corrected chi connectivity index (χ4v) is 2.10. The predicted molar refractivity (Wildman–Crippen MR) is 86.3 cm³/mol. The van der Waals surface area contributed by atoms with Crippen molar-refractivity contribution in [2.75, 3.05) is 32.6 Å². The highest BCUT2D eigenvalue weighted by molar-refractivity contribution is 5.98. The molecule has 1 amide bonds. The number of aromatic nitrogens is 2. The van der Waals surface area contributed by atoms with Crippen LogP contribution in [0.3, 0.4) is 0 Å². The average Bonchev–Trinajstić information content (AvgIpc) is 2.54. The van der Waals surface area contributed by atoms with E-state index in [2.05, 4.69) is 15.3 Å². The van der Waals surface area contributed by atoms with E-state index in [0.29, 0.717) is 17.9 Å². The van der Waals surface area contributed by atoms with Crippen molar-refractivity contribution in [3.63, 3.8) is 0 Å². The van der Waals surface area contributed by atoms with Crippen LogP contribution in [0, 0.1) is 5.82 Å². The van der Waals surface area contributed by atoms with Crippen LogP contribution in [-0.2, 0) is 0 Å². The van der Waals surface area contributed by atoms with Crippen LogP contribution in [0.4, 0.5) is 10.2 Å². The lowest BCUT2D eigenvalue weighted by molar-refractivity contribution is 0.0955. The highest BCUT2D eigenvalue weighted by Gasteiger charge is 2.19. The molecule has 7 heteroatoms. The smallest absolute Gasteiger partial charge is 0.256 e. The number of benzene rings is 1. The molecular formula is C16H19FN4O2. The van der Waals surface area contributed by atoms with Crippen LogP contribution in [0.1, 0.15) is 17.3 Å². The first-order chi connectivity index (χ1) is 11.0. The molecule has 0 aliphatic rings. The lowest BCUT2D eigenvalue weighted by Crippen LogP contribution is -2.26. The topological polar surface area (TPSA) is 67.3 Å². The minimum atomic E-state index is -0.537. The van der Waals surface area contributed by atoms with Gasteiger partial charge in [0.05, 0.1) is 12.7 Å². The highest BCUT2D eigenvalue weighted by Crippen LogP contribution is 2.28. The maximum atomic E-state index is 14.4. The monoisotopic (exact) mass is 318 g/mol.